The van der Waals surface area contributed by atoms with E-state index in [9.17, 15) is 13.9 Å². The third kappa shape index (κ3) is 3.42. The first-order chi connectivity index (χ1) is 9.50. The molecule has 106 valence electrons. The summed E-state index contributed by atoms with van der Waals surface area (Å²) in [5.41, 5.74) is 0.663. The summed E-state index contributed by atoms with van der Waals surface area (Å²) >= 11 is 0. The van der Waals surface area contributed by atoms with Crippen molar-refractivity contribution in [3.05, 3.63) is 71.8 Å². The Labute approximate surface area is 117 Å². The zero-order valence-electron chi connectivity index (χ0n) is 11.3. The number of hydrogen-bond donors (Lipinski definition) is 1. The van der Waals surface area contributed by atoms with Crippen LogP contribution in [0.4, 0.5) is 8.78 Å². The predicted molar refractivity (Wildman–Crippen MR) is 75.5 cm³/mol. The SMILES string of the molecule is CC(CC(F)(F)c1ccccc1)C(O)c1ccccc1. The van der Waals surface area contributed by atoms with E-state index in [1.54, 1.807) is 49.4 Å². The van der Waals surface area contributed by atoms with Crippen LogP contribution in [0.3, 0.4) is 0 Å². The first-order valence-electron chi connectivity index (χ1n) is 6.67. The molecule has 20 heavy (non-hydrogen) atoms. The topological polar surface area (TPSA) is 20.2 Å². The van der Waals surface area contributed by atoms with Crippen LogP contribution in [0.2, 0.25) is 0 Å². The highest BCUT2D eigenvalue weighted by Crippen LogP contribution is 2.38. The van der Waals surface area contributed by atoms with Crippen molar-refractivity contribution in [1.82, 2.24) is 0 Å². The summed E-state index contributed by atoms with van der Waals surface area (Å²) in [7, 11) is 0. The van der Waals surface area contributed by atoms with Crippen molar-refractivity contribution in [3.63, 3.8) is 0 Å². The Morgan fingerprint density at radius 1 is 0.950 bits per heavy atom. The van der Waals surface area contributed by atoms with E-state index in [0.29, 0.717) is 5.56 Å². The molecule has 0 aromatic heterocycles. The molecule has 2 rings (SSSR count). The molecule has 3 heteroatoms. The lowest BCUT2D eigenvalue weighted by Gasteiger charge is -2.25. The summed E-state index contributed by atoms with van der Waals surface area (Å²) in [5.74, 6) is -3.47. The van der Waals surface area contributed by atoms with Gasteiger partial charge in [-0.2, -0.15) is 0 Å². The highest BCUT2D eigenvalue weighted by atomic mass is 19.3. The molecule has 0 saturated heterocycles. The molecule has 0 radical (unpaired) electrons. The Morgan fingerprint density at radius 2 is 1.45 bits per heavy atom. The highest BCUT2D eigenvalue weighted by molar-refractivity contribution is 5.21. The van der Waals surface area contributed by atoms with E-state index in [-0.39, 0.29) is 12.0 Å². The maximum Gasteiger partial charge on any atom is 0.273 e. The summed E-state index contributed by atoms with van der Waals surface area (Å²) in [5, 5.41) is 10.2. The molecular formula is C17H18F2O. The van der Waals surface area contributed by atoms with E-state index in [1.165, 1.54) is 12.1 Å². The molecule has 2 unspecified atom stereocenters. The molecule has 1 nitrogen and oxygen atoms in total. The minimum Gasteiger partial charge on any atom is -0.388 e. The molecular weight excluding hydrogens is 258 g/mol. The van der Waals surface area contributed by atoms with E-state index in [4.69, 9.17) is 0 Å². The van der Waals surface area contributed by atoms with Crippen LogP contribution in [-0.4, -0.2) is 5.11 Å². The largest absolute Gasteiger partial charge is 0.388 e. The molecule has 2 aromatic rings. The third-order valence-electron chi connectivity index (χ3n) is 3.45. The maximum absolute atomic E-state index is 14.2. The summed E-state index contributed by atoms with van der Waals surface area (Å²) in [4.78, 5) is 0. The lowest BCUT2D eigenvalue weighted by atomic mass is 9.90. The Hall–Kier alpha value is -1.74. The first kappa shape index (κ1) is 14.7. The second-order valence-corrected chi connectivity index (χ2v) is 5.11. The Morgan fingerprint density at radius 3 is 2.00 bits per heavy atom. The molecule has 0 saturated carbocycles. The number of rotatable bonds is 5. The van der Waals surface area contributed by atoms with Gasteiger partial charge in [-0.1, -0.05) is 67.6 Å². The number of aliphatic hydroxyl groups excluding tert-OH is 1. The van der Waals surface area contributed by atoms with Gasteiger partial charge in [0.2, 0.25) is 0 Å². The molecule has 0 aliphatic heterocycles. The molecule has 0 aliphatic rings. The molecule has 2 atom stereocenters. The Balaban J connectivity index is 2.09. The smallest absolute Gasteiger partial charge is 0.273 e. The van der Waals surface area contributed by atoms with Gasteiger partial charge in [0.1, 0.15) is 0 Å². The van der Waals surface area contributed by atoms with Gasteiger partial charge in [0.25, 0.3) is 5.92 Å². The predicted octanol–water partition coefficient (Wildman–Crippen LogP) is 4.54. The number of benzene rings is 2. The van der Waals surface area contributed by atoms with Crippen LogP contribution in [-0.2, 0) is 5.92 Å². The monoisotopic (exact) mass is 276 g/mol. The lowest BCUT2D eigenvalue weighted by molar-refractivity contribution is -0.0468. The van der Waals surface area contributed by atoms with Crippen molar-refractivity contribution in [2.75, 3.05) is 0 Å². The molecule has 2 aromatic carbocycles. The van der Waals surface area contributed by atoms with Crippen LogP contribution >= 0.6 is 0 Å². The standard InChI is InChI=1S/C17H18F2O/c1-13(16(20)14-8-4-2-5-9-14)12-17(18,19)15-10-6-3-7-11-15/h2-11,13,16,20H,12H2,1H3. The molecule has 0 heterocycles. The van der Waals surface area contributed by atoms with Gasteiger partial charge >= 0.3 is 0 Å². The average molecular weight is 276 g/mol. The van der Waals surface area contributed by atoms with Crippen LogP contribution in [0.5, 0.6) is 0 Å². The average Bonchev–Trinajstić information content (AvgIpc) is 2.48. The Bertz CT molecular complexity index is 525. The Kier molecular flexibility index (Phi) is 4.50. The molecule has 0 fully saturated rings. The zero-order valence-corrected chi connectivity index (χ0v) is 11.3. The van der Waals surface area contributed by atoms with Crippen LogP contribution in [0.15, 0.2) is 60.7 Å². The van der Waals surface area contributed by atoms with E-state index in [2.05, 4.69) is 0 Å². The summed E-state index contributed by atoms with van der Waals surface area (Å²) in [6, 6.07) is 16.7. The summed E-state index contributed by atoms with van der Waals surface area (Å²) in [6.45, 7) is 1.65. The van der Waals surface area contributed by atoms with Crippen LogP contribution < -0.4 is 0 Å². The normalized spacial score (nSPS) is 14.8. The number of alkyl halides is 2. The van der Waals surface area contributed by atoms with Gasteiger partial charge in [0.05, 0.1) is 6.10 Å². The van der Waals surface area contributed by atoms with Crippen molar-refractivity contribution in [2.45, 2.75) is 25.4 Å². The van der Waals surface area contributed by atoms with Crippen LogP contribution in [0, 0.1) is 5.92 Å². The molecule has 0 aliphatic carbocycles. The van der Waals surface area contributed by atoms with Gasteiger partial charge in [-0.25, -0.2) is 8.78 Å². The number of hydrogen-bond acceptors (Lipinski definition) is 1. The summed E-state index contributed by atoms with van der Waals surface area (Å²) < 4.78 is 28.3. The van der Waals surface area contributed by atoms with E-state index in [1.807, 2.05) is 6.07 Å². The van der Waals surface area contributed by atoms with Crippen molar-refractivity contribution in [3.8, 4) is 0 Å². The van der Waals surface area contributed by atoms with Crippen LogP contribution in [0.1, 0.15) is 30.6 Å². The third-order valence-corrected chi connectivity index (χ3v) is 3.45. The molecule has 1 N–H and O–H groups in total. The van der Waals surface area contributed by atoms with Crippen molar-refractivity contribution >= 4 is 0 Å². The van der Waals surface area contributed by atoms with Gasteiger partial charge in [-0.05, 0) is 11.5 Å². The number of aliphatic hydroxyl groups is 1. The van der Waals surface area contributed by atoms with Gasteiger partial charge in [0, 0.05) is 12.0 Å². The molecule has 0 bridgehead atoms. The highest BCUT2D eigenvalue weighted by Gasteiger charge is 2.35. The van der Waals surface area contributed by atoms with E-state index in [0.717, 1.165) is 0 Å². The van der Waals surface area contributed by atoms with E-state index < -0.39 is 17.9 Å². The first-order valence-corrected chi connectivity index (χ1v) is 6.67. The minimum absolute atomic E-state index is 0.00730. The molecule has 0 amide bonds. The van der Waals surface area contributed by atoms with Gasteiger partial charge in [0.15, 0.2) is 0 Å². The second-order valence-electron chi connectivity index (χ2n) is 5.11. The second kappa shape index (κ2) is 6.14. The quantitative estimate of drug-likeness (QED) is 0.850. The van der Waals surface area contributed by atoms with Crippen molar-refractivity contribution < 1.29 is 13.9 Å². The van der Waals surface area contributed by atoms with Crippen molar-refractivity contribution in [1.29, 1.82) is 0 Å². The summed E-state index contributed by atoms with van der Waals surface area (Å²) in [6.07, 6.45) is -1.27. The van der Waals surface area contributed by atoms with Gasteiger partial charge in [-0.15, -0.1) is 0 Å². The van der Waals surface area contributed by atoms with Gasteiger partial charge in [-0.3, -0.25) is 0 Å². The fourth-order valence-corrected chi connectivity index (χ4v) is 2.29. The maximum atomic E-state index is 14.2. The van der Waals surface area contributed by atoms with Crippen molar-refractivity contribution in [2.24, 2.45) is 5.92 Å². The number of halogens is 2. The van der Waals surface area contributed by atoms with Crippen LogP contribution in [0.25, 0.3) is 0 Å². The van der Waals surface area contributed by atoms with Gasteiger partial charge < -0.3 is 5.11 Å². The minimum atomic E-state index is -2.93. The fraction of sp³-hybridized carbons (Fsp3) is 0.294. The molecule has 0 spiro atoms. The lowest BCUT2D eigenvalue weighted by Crippen LogP contribution is -2.21. The fourth-order valence-electron chi connectivity index (χ4n) is 2.29. The van der Waals surface area contributed by atoms with E-state index >= 15 is 0 Å². The zero-order chi connectivity index (χ0) is 14.6.